The van der Waals surface area contributed by atoms with Gasteiger partial charge in [-0.05, 0) is 72.4 Å². The third kappa shape index (κ3) is 5.65. The van der Waals surface area contributed by atoms with Crippen LogP contribution >= 0.6 is 0 Å². The van der Waals surface area contributed by atoms with Crippen molar-refractivity contribution in [2.24, 2.45) is 0 Å². The number of sulfonamides is 1. The highest BCUT2D eigenvalue weighted by molar-refractivity contribution is 7.92. The van der Waals surface area contributed by atoms with Crippen LogP contribution in [0.4, 0.5) is 20.6 Å². The van der Waals surface area contributed by atoms with Crippen LogP contribution in [0.2, 0.25) is 0 Å². The Balaban J connectivity index is 1.58. The number of aryl methyl sites for hydroxylation is 1. The Labute approximate surface area is 206 Å². The zero-order valence-electron chi connectivity index (χ0n) is 20.2. The molecule has 6 nitrogen and oxygen atoms in total. The summed E-state index contributed by atoms with van der Waals surface area (Å²) in [5.41, 5.74) is 3.94. The third-order valence-corrected chi connectivity index (χ3v) is 7.52. The van der Waals surface area contributed by atoms with Gasteiger partial charge >= 0.3 is 6.03 Å². The van der Waals surface area contributed by atoms with Gasteiger partial charge in [-0.3, -0.25) is 9.62 Å². The third-order valence-electron chi connectivity index (χ3n) is 6.14. The van der Waals surface area contributed by atoms with Crippen molar-refractivity contribution in [1.29, 1.82) is 0 Å². The topological polar surface area (TPSA) is 69.7 Å². The van der Waals surface area contributed by atoms with Gasteiger partial charge in [0.25, 0.3) is 10.0 Å². The lowest BCUT2D eigenvalue weighted by Gasteiger charge is -2.36. The highest BCUT2D eigenvalue weighted by Crippen LogP contribution is 2.32. The molecule has 3 aromatic carbocycles. The molecule has 2 amide bonds. The second-order valence-electron chi connectivity index (χ2n) is 9.19. The fourth-order valence-corrected chi connectivity index (χ4v) is 5.23. The molecule has 0 saturated carbocycles. The second kappa shape index (κ2) is 10.1. The smallest absolute Gasteiger partial charge is 0.320 e. The maximum absolute atomic E-state index is 13.4. The predicted molar refractivity (Wildman–Crippen MR) is 137 cm³/mol. The molecule has 0 radical (unpaired) electrons. The minimum absolute atomic E-state index is 0.0530. The van der Waals surface area contributed by atoms with E-state index in [1.807, 2.05) is 13.0 Å². The summed E-state index contributed by atoms with van der Waals surface area (Å²) >= 11 is 0. The monoisotopic (exact) mass is 495 g/mol. The Hall–Kier alpha value is -3.39. The molecular weight excluding hydrogens is 465 g/mol. The number of halogens is 1. The van der Waals surface area contributed by atoms with Gasteiger partial charge in [0.2, 0.25) is 0 Å². The van der Waals surface area contributed by atoms with Crippen molar-refractivity contribution in [2.45, 2.75) is 44.6 Å². The van der Waals surface area contributed by atoms with Gasteiger partial charge in [0.05, 0.1) is 16.3 Å². The molecule has 1 saturated heterocycles. The van der Waals surface area contributed by atoms with Crippen LogP contribution in [-0.4, -0.2) is 32.4 Å². The quantitative estimate of drug-likeness (QED) is 0.444. The SMILES string of the molecule is Cc1ccc(N2CCCN(Cc3ccc(C(C)C)cc3)C2=O)c(NS(=O)(=O)c2ccc(F)cc2)c1. The summed E-state index contributed by atoms with van der Waals surface area (Å²) in [5, 5.41) is 0. The number of benzene rings is 3. The van der Waals surface area contributed by atoms with Gasteiger partial charge < -0.3 is 4.90 Å². The number of hydrogen-bond acceptors (Lipinski definition) is 3. The van der Waals surface area contributed by atoms with Gasteiger partial charge in [-0.25, -0.2) is 17.6 Å². The lowest BCUT2D eigenvalue weighted by atomic mass is 10.0. The molecule has 35 heavy (non-hydrogen) atoms. The highest BCUT2D eigenvalue weighted by atomic mass is 32.2. The average Bonchev–Trinajstić information content (AvgIpc) is 2.81. The van der Waals surface area contributed by atoms with Crippen LogP contribution in [0.25, 0.3) is 0 Å². The van der Waals surface area contributed by atoms with Gasteiger partial charge in [-0.1, -0.05) is 44.2 Å². The molecule has 8 heteroatoms. The van der Waals surface area contributed by atoms with E-state index in [9.17, 15) is 17.6 Å². The van der Waals surface area contributed by atoms with E-state index >= 15 is 0 Å². The Morgan fingerprint density at radius 1 is 0.971 bits per heavy atom. The van der Waals surface area contributed by atoms with Crippen LogP contribution in [0, 0.1) is 12.7 Å². The van der Waals surface area contributed by atoms with Crippen molar-refractivity contribution >= 4 is 27.4 Å². The lowest BCUT2D eigenvalue weighted by molar-refractivity contribution is 0.192. The minimum atomic E-state index is -3.97. The maximum Gasteiger partial charge on any atom is 0.324 e. The van der Waals surface area contributed by atoms with Crippen molar-refractivity contribution in [1.82, 2.24) is 4.90 Å². The van der Waals surface area contributed by atoms with Crippen LogP contribution in [-0.2, 0) is 16.6 Å². The van der Waals surface area contributed by atoms with Crippen molar-refractivity contribution in [3.63, 3.8) is 0 Å². The summed E-state index contributed by atoms with van der Waals surface area (Å²) in [6.07, 6.45) is 0.758. The molecule has 0 spiro atoms. The number of nitrogens with one attached hydrogen (secondary N) is 1. The summed E-state index contributed by atoms with van der Waals surface area (Å²) in [4.78, 5) is 16.8. The Bertz CT molecular complexity index is 1310. The van der Waals surface area contributed by atoms with Crippen LogP contribution in [0.1, 0.15) is 42.9 Å². The molecule has 1 N–H and O–H groups in total. The van der Waals surface area contributed by atoms with Gasteiger partial charge in [0.15, 0.2) is 0 Å². The normalized spacial score (nSPS) is 14.5. The number of rotatable bonds is 7. The minimum Gasteiger partial charge on any atom is -0.320 e. The molecule has 3 aromatic rings. The average molecular weight is 496 g/mol. The van der Waals surface area contributed by atoms with E-state index in [1.165, 1.54) is 17.7 Å². The number of urea groups is 1. The molecule has 0 aliphatic carbocycles. The first-order chi connectivity index (χ1) is 16.6. The van der Waals surface area contributed by atoms with Crippen molar-refractivity contribution < 1.29 is 17.6 Å². The summed E-state index contributed by atoms with van der Waals surface area (Å²) in [7, 11) is -3.97. The molecular formula is C27H30FN3O3S. The summed E-state index contributed by atoms with van der Waals surface area (Å²) in [5.74, 6) is -0.0761. The predicted octanol–water partition coefficient (Wildman–Crippen LogP) is 5.89. The molecule has 4 rings (SSSR count). The molecule has 0 atom stereocenters. The first kappa shape index (κ1) is 24.7. The summed E-state index contributed by atoms with van der Waals surface area (Å²) < 4.78 is 41.8. The Morgan fingerprint density at radius 3 is 2.31 bits per heavy atom. The van der Waals surface area contributed by atoms with E-state index in [-0.39, 0.29) is 10.9 Å². The summed E-state index contributed by atoms with van der Waals surface area (Å²) in [6.45, 7) is 7.73. The van der Waals surface area contributed by atoms with E-state index in [0.717, 1.165) is 29.7 Å². The number of carbonyl (C=O) groups is 1. The molecule has 1 heterocycles. The van der Waals surface area contributed by atoms with E-state index in [2.05, 4.69) is 42.8 Å². The van der Waals surface area contributed by atoms with Crippen molar-refractivity contribution in [3.05, 3.63) is 89.2 Å². The molecule has 1 fully saturated rings. The number of amides is 2. The highest BCUT2D eigenvalue weighted by Gasteiger charge is 2.29. The van der Waals surface area contributed by atoms with Crippen LogP contribution in [0.3, 0.4) is 0 Å². The molecule has 0 bridgehead atoms. The van der Waals surface area contributed by atoms with E-state index in [4.69, 9.17) is 0 Å². The Morgan fingerprint density at radius 2 is 1.66 bits per heavy atom. The van der Waals surface area contributed by atoms with Crippen molar-refractivity contribution in [3.8, 4) is 0 Å². The first-order valence-electron chi connectivity index (χ1n) is 11.7. The van der Waals surface area contributed by atoms with Crippen LogP contribution < -0.4 is 9.62 Å². The second-order valence-corrected chi connectivity index (χ2v) is 10.9. The molecule has 1 aliphatic heterocycles. The number of carbonyl (C=O) groups excluding carboxylic acids is 1. The molecule has 184 valence electrons. The molecule has 0 unspecified atom stereocenters. The van der Waals surface area contributed by atoms with Gasteiger partial charge in [-0.15, -0.1) is 0 Å². The van der Waals surface area contributed by atoms with Gasteiger partial charge in [0, 0.05) is 19.6 Å². The fraction of sp³-hybridized carbons (Fsp3) is 0.296. The van der Waals surface area contributed by atoms with E-state index in [0.29, 0.717) is 36.9 Å². The van der Waals surface area contributed by atoms with Crippen LogP contribution in [0.15, 0.2) is 71.6 Å². The fourth-order valence-electron chi connectivity index (χ4n) is 4.16. The standard InChI is InChI=1S/C27H30FN3O3S/c1-19(2)22-8-6-21(7-9-22)18-30-15-4-16-31(27(30)32)26-14-5-20(3)17-25(26)29-35(33,34)24-12-10-23(28)11-13-24/h5-14,17,19,29H,4,15-16,18H2,1-3H3. The van der Waals surface area contributed by atoms with Crippen LogP contribution in [0.5, 0.6) is 0 Å². The van der Waals surface area contributed by atoms with Gasteiger partial charge in [0.1, 0.15) is 5.82 Å². The first-order valence-corrected chi connectivity index (χ1v) is 13.2. The lowest BCUT2D eigenvalue weighted by Crippen LogP contribution is -2.49. The number of anilines is 2. The molecule has 1 aliphatic rings. The van der Waals surface area contributed by atoms with E-state index in [1.54, 1.807) is 21.9 Å². The maximum atomic E-state index is 13.4. The van der Waals surface area contributed by atoms with E-state index < -0.39 is 15.8 Å². The largest absolute Gasteiger partial charge is 0.324 e. The zero-order valence-corrected chi connectivity index (χ0v) is 21.0. The zero-order chi connectivity index (χ0) is 25.2. The van der Waals surface area contributed by atoms with Gasteiger partial charge in [-0.2, -0.15) is 0 Å². The number of nitrogens with zero attached hydrogens (tertiary/aromatic N) is 2. The van der Waals surface area contributed by atoms with Crippen molar-refractivity contribution in [2.75, 3.05) is 22.7 Å². The number of hydrogen-bond donors (Lipinski definition) is 1. The Kier molecular flexibility index (Phi) is 7.12. The summed E-state index contributed by atoms with van der Waals surface area (Å²) in [6, 6.07) is 18.1. The molecule has 0 aromatic heterocycles.